The maximum Gasteiger partial charge on any atom is 0.237 e. The molecule has 5 heteroatoms. The molecular weight excluding hydrogens is 208 g/mol. The van der Waals surface area contributed by atoms with Gasteiger partial charge < -0.3 is 11.1 Å². The molecule has 0 spiro atoms. The molecule has 0 aromatic rings. The molecule has 3 N–H and O–H groups in total. The number of carbonyl (C=O) groups excluding carboxylic acids is 1. The van der Waals surface area contributed by atoms with E-state index in [2.05, 4.69) is 11.9 Å². The molecule has 0 heterocycles. The molecule has 0 bridgehead atoms. The van der Waals surface area contributed by atoms with Gasteiger partial charge >= 0.3 is 0 Å². The molecule has 0 aromatic heterocycles. The molecule has 0 aliphatic carbocycles. The van der Waals surface area contributed by atoms with E-state index in [4.69, 9.17) is 17.3 Å². The summed E-state index contributed by atoms with van der Waals surface area (Å²) in [7, 11) is 0. The summed E-state index contributed by atoms with van der Waals surface area (Å²) in [6.45, 7) is 3.74. The fourth-order valence-corrected chi connectivity index (χ4v) is 1.25. The van der Waals surface area contributed by atoms with Crippen LogP contribution in [0, 0.1) is 0 Å². The smallest absolute Gasteiger partial charge is 0.237 e. The predicted molar refractivity (Wildman–Crippen MR) is 59.0 cm³/mol. The molecule has 0 saturated carbocycles. The molecule has 3 nitrogen and oxygen atoms in total. The van der Waals surface area contributed by atoms with Crippen molar-refractivity contribution in [3.8, 4) is 0 Å². The van der Waals surface area contributed by atoms with Gasteiger partial charge in [0.15, 0.2) is 0 Å². The molecule has 0 aromatic carbocycles. The second-order valence-electron chi connectivity index (χ2n) is 2.62. The van der Waals surface area contributed by atoms with Crippen LogP contribution in [0.15, 0.2) is 11.6 Å². The van der Waals surface area contributed by atoms with E-state index in [1.807, 2.05) is 6.26 Å². The Kier molecular flexibility index (Phi) is 7.13. The lowest BCUT2D eigenvalue weighted by Gasteiger charge is -2.10. The quantitative estimate of drug-likeness (QED) is 0.703. The molecule has 0 aliphatic heterocycles. The van der Waals surface area contributed by atoms with Crippen molar-refractivity contribution in [1.82, 2.24) is 5.32 Å². The van der Waals surface area contributed by atoms with E-state index in [1.165, 1.54) is 0 Å². The monoisotopic (exact) mass is 222 g/mol. The van der Waals surface area contributed by atoms with Crippen LogP contribution < -0.4 is 11.1 Å². The predicted octanol–water partition coefficient (Wildman–Crippen LogP) is 0.935. The van der Waals surface area contributed by atoms with Crippen LogP contribution in [0.25, 0.3) is 0 Å². The highest BCUT2D eigenvalue weighted by Crippen LogP contribution is 1.99. The van der Waals surface area contributed by atoms with Crippen LogP contribution in [0.3, 0.4) is 0 Å². The molecule has 0 radical (unpaired) electrons. The minimum absolute atomic E-state index is 0.171. The Morgan fingerprint density at radius 1 is 1.77 bits per heavy atom. The van der Waals surface area contributed by atoms with E-state index in [0.717, 1.165) is 5.75 Å². The second-order valence-corrected chi connectivity index (χ2v) is 4.14. The van der Waals surface area contributed by atoms with Crippen LogP contribution in [0.5, 0.6) is 0 Å². The Morgan fingerprint density at radius 3 is 2.85 bits per heavy atom. The Bertz CT molecular complexity index is 187. The van der Waals surface area contributed by atoms with Crippen LogP contribution in [0.4, 0.5) is 0 Å². The maximum absolute atomic E-state index is 11.2. The van der Waals surface area contributed by atoms with Gasteiger partial charge in [-0.3, -0.25) is 4.79 Å². The van der Waals surface area contributed by atoms with Crippen LogP contribution in [0.1, 0.15) is 6.42 Å². The zero-order valence-electron chi connectivity index (χ0n) is 7.68. The number of carbonyl (C=O) groups is 1. The van der Waals surface area contributed by atoms with Crippen molar-refractivity contribution < 1.29 is 4.79 Å². The van der Waals surface area contributed by atoms with E-state index in [1.54, 1.807) is 11.8 Å². The van der Waals surface area contributed by atoms with E-state index < -0.39 is 6.04 Å². The summed E-state index contributed by atoms with van der Waals surface area (Å²) in [6.07, 6.45) is 2.66. The molecule has 76 valence electrons. The first-order valence-electron chi connectivity index (χ1n) is 3.93. The number of rotatable bonds is 6. The first-order chi connectivity index (χ1) is 6.07. The van der Waals surface area contributed by atoms with E-state index in [-0.39, 0.29) is 12.5 Å². The van der Waals surface area contributed by atoms with Gasteiger partial charge in [0.2, 0.25) is 5.91 Å². The van der Waals surface area contributed by atoms with Gasteiger partial charge in [0.05, 0.1) is 12.6 Å². The number of thioether (sulfide) groups is 1. The van der Waals surface area contributed by atoms with Crippen molar-refractivity contribution in [3.05, 3.63) is 11.6 Å². The third kappa shape index (κ3) is 6.93. The largest absolute Gasteiger partial charge is 0.350 e. The third-order valence-corrected chi connectivity index (χ3v) is 2.20. The topological polar surface area (TPSA) is 55.1 Å². The summed E-state index contributed by atoms with van der Waals surface area (Å²) < 4.78 is 0. The molecule has 0 unspecified atom stereocenters. The number of nitrogens with two attached hydrogens (primary N) is 1. The van der Waals surface area contributed by atoms with Gasteiger partial charge in [-0.05, 0) is 18.4 Å². The standard InChI is InChI=1S/C8H15ClN2OS/c1-6(9)5-11-8(12)7(10)3-4-13-2/h7H,1,3-5,10H2,2H3,(H,11,12)/t7-/m1/s1. The van der Waals surface area contributed by atoms with Crippen LogP contribution >= 0.6 is 23.4 Å². The van der Waals surface area contributed by atoms with Gasteiger partial charge in [-0.2, -0.15) is 11.8 Å². The first kappa shape index (κ1) is 12.8. The minimum atomic E-state index is -0.441. The fraction of sp³-hybridized carbons (Fsp3) is 0.625. The van der Waals surface area contributed by atoms with Crippen molar-refractivity contribution in [1.29, 1.82) is 0 Å². The van der Waals surface area contributed by atoms with Crippen LogP contribution in [0.2, 0.25) is 0 Å². The number of halogens is 1. The van der Waals surface area contributed by atoms with Gasteiger partial charge in [-0.15, -0.1) is 0 Å². The van der Waals surface area contributed by atoms with Crippen molar-refractivity contribution >= 4 is 29.3 Å². The second kappa shape index (κ2) is 7.24. The maximum atomic E-state index is 11.2. The summed E-state index contributed by atoms with van der Waals surface area (Å²) in [5, 5.41) is 2.99. The summed E-state index contributed by atoms with van der Waals surface area (Å²) in [5.41, 5.74) is 5.59. The lowest BCUT2D eigenvalue weighted by molar-refractivity contribution is -0.122. The van der Waals surface area contributed by atoms with Crippen molar-refractivity contribution in [3.63, 3.8) is 0 Å². The third-order valence-electron chi connectivity index (χ3n) is 1.42. The lowest BCUT2D eigenvalue weighted by Crippen LogP contribution is -2.41. The van der Waals surface area contributed by atoms with Gasteiger partial charge in [-0.25, -0.2) is 0 Å². The number of hydrogen-bond acceptors (Lipinski definition) is 3. The highest BCUT2D eigenvalue weighted by molar-refractivity contribution is 7.98. The van der Waals surface area contributed by atoms with E-state index >= 15 is 0 Å². The number of nitrogens with one attached hydrogen (secondary N) is 1. The van der Waals surface area contributed by atoms with Crippen LogP contribution in [-0.4, -0.2) is 30.5 Å². The highest BCUT2D eigenvalue weighted by Gasteiger charge is 2.11. The first-order valence-corrected chi connectivity index (χ1v) is 5.70. The molecular formula is C8H15ClN2OS. The average molecular weight is 223 g/mol. The minimum Gasteiger partial charge on any atom is -0.350 e. The number of amides is 1. The Balaban J connectivity index is 3.63. The lowest BCUT2D eigenvalue weighted by atomic mass is 10.2. The Morgan fingerprint density at radius 2 is 2.38 bits per heavy atom. The van der Waals surface area contributed by atoms with Crippen molar-refractivity contribution in [2.75, 3.05) is 18.6 Å². The molecule has 0 aliphatic rings. The fourth-order valence-electron chi connectivity index (χ4n) is 0.690. The van der Waals surface area contributed by atoms with Crippen molar-refractivity contribution in [2.45, 2.75) is 12.5 Å². The zero-order valence-corrected chi connectivity index (χ0v) is 9.25. The summed E-state index contributed by atoms with van der Waals surface area (Å²) in [5.74, 6) is 0.715. The van der Waals surface area contributed by atoms with Crippen LogP contribution in [-0.2, 0) is 4.79 Å². The molecule has 0 fully saturated rings. The molecule has 1 atom stereocenters. The number of hydrogen-bond donors (Lipinski definition) is 2. The average Bonchev–Trinajstić information content (AvgIpc) is 2.10. The summed E-state index contributed by atoms with van der Waals surface area (Å²) in [4.78, 5) is 11.2. The Labute approximate surface area is 88.1 Å². The van der Waals surface area contributed by atoms with Gasteiger partial charge in [0.1, 0.15) is 0 Å². The van der Waals surface area contributed by atoms with E-state index in [9.17, 15) is 4.79 Å². The summed E-state index contributed by atoms with van der Waals surface area (Å²) >= 11 is 7.14. The molecule has 0 saturated heterocycles. The normalized spacial score (nSPS) is 12.2. The van der Waals surface area contributed by atoms with Gasteiger partial charge in [-0.1, -0.05) is 18.2 Å². The summed E-state index contributed by atoms with van der Waals surface area (Å²) in [6, 6.07) is -0.441. The van der Waals surface area contributed by atoms with E-state index in [0.29, 0.717) is 11.5 Å². The molecule has 0 rings (SSSR count). The zero-order chi connectivity index (χ0) is 10.3. The molecule has 13 heavy (non-hydrogen) atoms. The highest BCUT2D eigenvalue weighted by atomic mass is 35.5. The van der Waals surface area contributed by atoms with Gasteiger partial charge in [0.25, 0.3) is 0 Å². The van der Waals surface area contributed by atoms with Crippen molar-refractivity contribution in [2.24, 2.45) is 5.73 Å². The Hall–Kier alpha value is -0.190. The van der Waals surface area contributed by atoms with Gasteiger partial charge in [0, 0.05) is 5.03 Å². The molecule has 1 amide bonds. The SMILES string of the molecule is C=C(Cl)CNC(=O)[C@H](N)CCSC.